The molecule has 1 aromatic carbocycles. The molecule has 4 fully saturated rings. The summed E-state index contributed by atoms with van der Waals surface area (Å²) < 4.78 is 12.2. The van der Waals surface area contributed by atoms with E-state index in [1.165, 1.54) is 37.7 Å². The fourth-order valence-corrected chi connectivity index (χ4v) is 7.04. The van der Waals surface area contributed by atoms with Crippen LogP contribution in [0.1, 0.15) is 97.0 Å². The molecule has 4 saturated carbocycles. The van der Waals surface area contributed by atoms with E-state index in [1.54, 1.807) is 0 Å². The van der Waals surface area contributed by atoms with Crippen molar-refractivity contribution in [2.75, 3.05) is 6.61 Å². The standard InChI is InChI=1S/C27H40O3/c1-5-7-12-27(22-13-20-14-23(27)17-26(4,15-20)16-22)30-25(28)18-29-24-10-8-21(9-11-24)19(3)6-2/h8-11,19-20,22-23H,5-7,12-18H2,1-4H3. The van der Waals surface area contributed by atoms with Crippen molar-refractivity contribution in [3.05, 3.63) is 29.8 Å². The number of ether oxygens (including phenoxy) is 2. The highest BCUT2D eigenvalue weighted by atomic mass is 16.6. The lowest BCUT2D eigenvalue weighted by molar-refractivity contribution is -0.227. The number of carbonyl (C=O) groups is 1. The molecule has 0 spiro atoms. The number of benzene rings is 1. The number of esters is 1. The Balaban J connectivity index is 1.41. The van der Waals surface area contributed by atoms with E-state index >= 15 is 0 Å². The van der Waals surface area contributed by atoms with E-state index in [0.717, 1.165) is 37.4 Å². The number of unbranched alkanes of at least 4 members (excludes halogenated alkanes) is 1. The van der Waals surface area contributed by atoms with E-state index < -0.39 is 0 Å². The average Bonchev–Trinajstić information content (AvgIpc) is 2.72. The van der Waals surface area contributed by atoms with Crippen LogP contribution in [0, 0.1) is 23.2 Å². The highest BCUT2D eigenvalue weighted by Crippen LogP contribution is 2.65. The molecule has 3 unspecified atom stereocenters. The van der Waals surface area contributed by atoms with Crippen molar-refractivity contribution in [3.63, 3.8) is 0 Å². The number of hydrogen-bond donors (Lipinski definition) is 0. The number of rotatable bonds is 9. The summed E-state index contributed by atoms with van der Waals surface area (Å²) in [6, 6.07) is 8.17. The van der Waals surface area contributed by atoms with E-state index in [4.69, 9.17) is 9.47 Å². The van der Waals surface area contributed by atoms with E-state index in [1.807, 2.05) is 12.1 Å². The Morgan fingerprint density at radius 3 is 2.33 bits per heavy atom. The Morgan fingerprint density at radius 2 is 1.77 bits per heavy atom. The summed E-state index contributed by atoms with van der Waals surface area (Å²) in [6.07, 6.45) is 10.8. The minimum Gasteiger partial charge on any atom is -0.482 e. The lowest BCUT2D eigenvalue weighted by Crippen LogP contribution is -2.62. The Kier molecular flexibility index (Phi) is 6.19. The number of hydrogen-bond acceptors (Lipinski definition) is 3. The maximum Gasteiger partial charge on any atom is 0.344 e. The van der Waals surface area contributed by atoms with E-state index in [0.29, 0.717) is 23.2 Å². The second kappa shape index (κ2) is 8.55. The van der Waals surface area contributed by atoms with Gasteiger partial charge in [0.15, 0.2) is 6.61 Å². The van der Waals surface area contributed by atoms with Gasteiger partial charge in [-0.25, -0.2) is 4.79 Å². The largest absolute Gasteiger partial charge is 0.482 e. The molecule has 4 aliphatic carbocycles. The van der Waals surface area contributed by atoms with Gasteiger partial charge >= 0.3 is 5.97 Å². The fourth-order valence-electron chi connectivity index (χ4n) is 7.04. The SMILES string of the molecule is CCCCC1(OC(=O)COc2ccc(C(C)CC)cc2)C2CC3CC1CC(C)(C3)C2. The summed E-state index contributed by atoms with van der Waals surface area (Å²) in [6.45, 7) is 9.14. The van der Waals surface area contributed by atoms with Gasteiger partial charge in [-0.1, -0.05) is 46.2 Å². The predicted molar refractivity (Wildman–Crippen MR) is 121 cm³/mol. The van der Waals surface area contributed by atoms with Gasteiger partial charge in [-0.15, -0.1) is 0 Å². The zero-order chi connectivity index (χ0) is 21.4. The lowest BCUT2D eigenvalue weighted by atomic mass is 9.44. The van der Waals surface area contributed by atoms with Crippen LogP contribution in [0.5, 0.6) is 5.75 Å². The monoisotopic (exact) mass is 412 g/mol. The molecule has 1 aromatic rings. The molecule has 3 nitrogen and oxygen atoms in total. The first-order chi connectivity index (χ1) is 14.4. The molecule has 3 heteroatoms. The average molecular weight is 413 g/mol. The van der Waals surface area contributed by atoms with E-state index in [9.17, 15) is 4.79 Å². The van der Waals surface area contributed by atoms with Crippen LogP contribution in [0.2, 0.25) is 0 Å². The van der Waals surface area contributed by atoms with Gasteiger partial charge in [0.25, 0.3) is 0 Å². The van der Waals surface area contributed by atoms with Gasteiger partial charge in [0, 0.05) is 0 Å². The molecule has 0 aromatic heterocycles. The fraction of sp³-hybridized carbons (Fsp3) is 0.741. The van der Waals surface area contributed by atoms with Crippen molar-refractivity contribution in [3.8, 4) is 5.75 Å². The first kappa shape index (κ1) is 21.7. The van der Waals surface area contributed by atoms with Crippen LogP contribution in [-0.2, 0) is 9.53 Å². The summed E-state index contributed by atoms with van der Waals surface area (Å²) in [7, 11) is 0. The van der Waals surface area contributed by atoms with Crippen LogP contribution < -0.4 is 4.74 Å². The minimum absolute atomic E-state index is 0.0106. The van der Waals surface area contributed by atoms with Crippen molar-refractivity contribution in [1.82, 2.24) is 0 Å². The molecule has 5 rings (SSSR count). The minimum atomic E-state index is -0.243. The van der Waals surface area contributed by atoms with Gasteiger partial charge in [0.1, 0.15) is 11.4 Å². The van der Waals surface area contributed by atoms with Gasteiger partial charge in [-0.3, -0.25) is 0 Å². The molecule has 0 heterocycles. The molecule has 0 saturated heterocycles. The van der Waals surface area contributed by atoms with Crippen LogP contribution in [0.25, 0.3) is 0 Å². The van der Waals surface area contributed by atoms with Crippen LogP contribution >= 0.6 is 0 Å². The van der Waals surface area contributed by atoms with Crippen molar-refractivity contribution in [2.24, 2.45) is 23.2 Å². The molecule has 0 radical (unpaired) electrons. The van der Waals surface area contributed by atoms with Crippen LogP contribution in [0.3, 0.4) is 0 Å². The summed E-state index contributed by atoms with van der Waals surface area (Å²) in [4.78, 5) is 12.9. The third-order valence-corrected chi connectivity index (χ3v) is 8.52. The third-order valence-electron chi connectivity index (χ3n) is 8.52. The first-order valence-electron chi connectivity index (χ1n) is 12.3. The molecule has 4 bridgehead atoms. The molecule has 0 amide bonds. The van der Waals surface area contributed by atoms with Crippen LogP contribution in [0.4, 0.5) is 0 Å². The molecular weight excluding hydrogens is 372 g/mol. The van der Waals surface area contributed by atoms with Crippen molar-refractivity contribution in [2.45, 2.75) is 97.0 Å². The van der Waals surface area contributed by atoms with Crippen molar-refractivity contribution >= 4 is 5.97 Å². The van der Waals surface area contributed by atoms with E-state index in [-0.39, 0.29) is 18.2 Å². The molecule has 30 heavy (non-hydrogen) atoms. The molecule has 0 aliphatic heterocycles. The smallest absolute Gasteiger partial charge is 0.344 e. The second-order valence-corrected chi connectivity index (χ2v) is 10.9. The Bertz CT molecular complexity index is 721. The Hall–Kier alpha value is -1.51. The third kappa shape index (κ3) is 4.14. The highest BCUT2D eigenvalue weighted by molar-refractivity contribution is 5.71. The lowest BCUT2D eigenvalue weighted by Gasteiger charge is -2.64. The first-order valence-corrected chi connectivity index (χ1v) is 12.3. The zero-order valence-electron chi connectivity index (χ0n) is 19.4. The molecule has 0 N–H and O–H groups in total. The van der Waals surface area contributed by atoms with E-state index in [2.05, 4.69) is 39.8 Å². The van der Waals surface area contributed by atoms with Gasteiger partial charge in [0.2, 0.25) is 0 Å². The maximum atomic E-state index is 12.9. The second-order valence-electron chi connectivity index (χ2n) is 10.9. The maximum absolute atomic E-state index is 12.9. The van der Waals surface area contributed by atoms with Crippen LogP contribution in [-0.4, -0.2) is 18.2 Å². The normalized spacial score (nSPS) is 35.3. The molecule has 166 valence electrons. The predicted octanol–water partition coefficient (Wildman–Crippen LogP) is 6.90. The molecule has 4 aliphatic rings. The Labute approximate surface area is 182 Å². The summed E-state index contributed by atoms with van der Waals surface area (Å²) in [5.41, 5.74) is 1.55. The summed E-state index contributed by atoms with van der Waals surface area (Å²) in [5.74, 6) is 3.04. The topological polar surface area (TPSA) is 35.5 Å². The molecule has 3 atom stereocenters. The van der Waals surface area contributed by atoms with Crippen LogP contribution in [0.15, 0.2) is 24.3 Å². The quantitative estimate of drug-likeness (QED) is 0.414. The van der Waals surface area contributed by atoms with Gasteiger partial charge in [0.05, 0.1) is 0 Å². The highest BCUT2D eigenvalue weighted by Gasteiger charge is 2.62. The zero-order valence-corrected chi connectivity index (χ0v) is 19.4. The summed E-state index contributed by atoms with van der Waals surface area (Å²) >= 11 is 0. The number of carbonyl (C=O) groups excluding carboxylic acids is 1. The summed E-state index contributed by atoms with van der Waals surface area (Å²) in [5, 5.41) is 0. The Morgan fingerprint density at radius 1 is 1.10 bits per heavy atom. The van der Waals surface area contributed by atoms with Crippen molar-refractivity contribution < 1.29 is 14.3 Å². The van der Waals surface area contributed by atoms with Crippen molar-refractivity contribution in [1.29, 1.82) is 0 Å². The van der Waals surface area contributed by atoms with Gasteiger partial charge in [-0.2, -0.15) is 0 Å². The van der Waals surface area contributed by atoms with Gasteiger partial charge in [-0.05, 0) is 98.1 Å². The molecular formula is C27H40O3. The van der Waals surface area contributed by atoms with Gasteiger partial charge < -0.3 is 9.47 Å².